The smallest absolute Gasteiger partial charge is 0.191 e. The molecular formula is C16H21FN4OS. The Morgan fingerprint density at radius 2 is 2.17 bits per heavy atom. The van der Waals surface area contributed by atoms with E-state index in [1.54, 1.807) is 36.6 Å². The molecule has 124 valence electrons. The highest BCUT2D eigenvalue weighted by Crippen LogP contribution is 2.16. The Morgan fingerprint density at radius 1 is 1.39 bits per heavy atom. The highest BCUT2D eigenvalue weighted by molar-refractivity contribution is 7.11. The van der Waals surface area contributed by atoms with E-state index in [1.807, 2.05) is 20.0 Å². The Balaban J connectivity index is 1.77. The van der Waals surface area contributed by atoms with Gasteiger partial charge < -0.3 is 15.4 Å². The van der Waals surface area contributed by atoms with Crippen molar-refractivity contribution in [1.29, 1.82) is 0 Å². The second-order valence-electron chi connectivity index (χ2n) is 5.03. The lowest BCUT2D eigenvalue weighted by Crippen LogP contribution is -2.41. The van der Waals surface area contributed by atoms with E-state index in [0.29, 0.717) is 19.0 Å². The number of aromatic nitrogens is 1. The molecule has 1 unspecified atom stereocenters. The number of halogens is 1. The number of aryl methyl sites for hydroxylation is 1. The predicted octanol–water partition coefficient (Wildman–Crippen LogP) is 2.72. The van der Waals surface area contributed by atoms with Crippen molar-refractivity contribution >= 4 is 17.3 Å². The van der Waals surface area contributed by atoms with Crippen LogP contribution in [0.25, 0.3) is 0 Å². The molecule has 0 aliphatic carbocycles. The average Bonchev–Trinajstić information content (AvgIpc) is 2.95. The van der Waals surface area contributed by atoms with Gasteiger partial charge in [0.2, 0.25) is 0 Å². The van der Waals surface area contributed by atoms with Gasteiger partial charge in [-0.3, -0.25) is 4.99 Å². The molecule has 7 heteroatoms. The molecule has 0 amide bonds. The Labute approximate surface area is 139 Å². The second kappa shape index (κ2) is 8.47. The number of ether oxygens (including phenoxy) is 1. The molecule has 2 rings (SSSR count). The number of hydrogen-bond donors (Lipinski definition) is 2. The van der Waals surface area contributed by atoms with Crippen LogP contribution >= 0.6 is 11.3 Å². The molecule has 0 bridgehead atoms. The van der Waals surface area contributed by atoms with Gasteiger partial charge >= 0.3 is 0 Å². The van der Waals surface area contributed by atoms with E-state index in [1.165, 1.54) is 10.9 Å². The number of guanidine groups is 1. The van der Waals surface area contributed by atoms with Crippen molar-refractivity contribution in [2.75, 3.05) is 13.6 Å². The molecule has 1 heterocycles. The zero-order valence-electron chi connectivity index (χ0n) is 13.5. The maximum absolute atomic E-state index is 13.5. The summed E-state index contributed by atoms with van der Waals surface area (Å²) in [5, 5.41) is 7.34. The van der Waals surface area contributed by atoms with Crippen LogP contribution in [0.15, 0.2) is 35.5 Å². The zero-order chi connectivity index (χ0) is 16.7. The summed E-state index contributed by atoms with van der Waals surface area (Å²) < 4.78 is 19.1. The largest absolute Gasteiger partial charge is 0.486 e. The third-order valence-electron chi connectivity index (χ3n) is 3.02. The minimum Gasteiger partial charge on any atom is -0.486 e. The SMILES string of the molecule is CN=C(NCc1ncc(C)s1)NCC(C)Oc1ccccc1F. The maximum Gasteiger partial charge on any atom is 0.191 e. The fourth-order valence-corrected chi connectivity index (χ4v) is 2.63. The molecule has 2 N–H and O–H groups in total. The first-order valence-electron chi connectivity index (χ1n) is 7.35. The van der Waals surface area contributed by atoms with Gasteiger partial charge in [-0.1, -0.05) is 12.1 Å². The molecule has 0 saturated heterocycles. The van der Waals surface area contributed by atoms with Crippen LogP contribution in [0.2, 0.25) is 0 Å². The van der Waals surface area contributed by atoms with Crippen molar-refractivity contribution < 1.29 is 9.13 Å². The van der Waals surface area contributed by atoms with Gasteiger partial charge in [0.15, 0.2) is 17.5 Å². The Morgan fingerprint density at radius 3 is 2.83 bits per heavy atom. The van der Waals surface area contributed by atoms with Gasteiger partial charge in [-0.2, -0.15) is 0 Å². The molecule has 5 nitrogen and oxygen atoms in total. The molecule has 0 fully saturated rings. The lowest BCUT2D eigenvalue weighted by Gasteiger charge is -2.17. The Kier molecular flexibility index (Phi) is 6.34. The van der Waals surface area contributed by atoms with Gasteiger partial charge in [0, 0.05) is 18.1 Å². The van der Waals surface area contributed by atoms with Crippen molar-refractivity contribution in [2.45, 2.75) is 26.5 Å². The van der Waals surface area contributed by atoms with E-state index in [9.17, 15) is 4.39 Å². The number of benzene rings is 1. The molecule has 23 heavy (non-hydrogen) atoms. The predicted molar refractivity (Wildman–Crippen MR) is 91.5 cm³/mol. The summed E-state index contributed by atoms with van der Waals surface area (Å²) in [6, 6.07) is 6.38. The number of para-hydroxylation sites is 1. The van der Waals surface area contributed by atoms with Crippen LogP contribution in [-0.2, 0) is 6.54 Å². The van der Waals surface area contributed by atoms with Crippen molar-refractivity contribution in [3.05, 3.63) is 46.2 Å². The maximum atomic E-state index is 13.5. The zero-order valence-corrected chi connectivity index (χ0v) is 14.3. The molecule has 0 aliphatic rings. The lowest BCUT2D eigenvalue weighted by atomic mass is 10.3. The molecular weight excluding hydrogens is 315 g/mol. The summed E-state index contributed by atoms with van der Waals surface area (Å²) in [5.41, 5.74) is 0. The van der Waals surface area contributed by atoms with E-state index < -0.39 is 0 Å². The van der Waals surface area contributed by atoms with E-state index in [2.05, 4.69) is 20.6 Å². The van der Waals surface area contributed by atoms with Gasteiger partial charge in [0.25, 0.3) is 0 Å². The number of rotatable bonds is 6. The van der Waals surface area contributed by atoms with Gasteiger partial charge in [0.1, 0.15) is 11.1 Å². The molecule has 2 aromatic rings. The first-order valence-corrected chi connectivity index (χ1v) is 8.17. The molecule has 0 spiro atoms. The van der Waals surface area contributed by atoms with Gasteiger partial charge in [-0.25, -0.2) is 9.37 Å². The van der Waals surface area contributed by atoms with E-state index >= 15 is 0 Å². The quantitative estimate of drug-likeness (QED) is 0.629. The summed E-state index contributed by atoms with van der Waals surface area (Å²) in [6.07, 6.45) is 1.65. The third-order valence-corrected chi connectivity index (χ3v) is 3.93. The van der Waals surface area contributed by atoms with Crippen LogP contribution < -0.4 is 15.4 Å². The second-order valence-corrected chi connectivity index (χ2v) is 6.35. The third kappa shape index (κ3) is 5.52. The van der Waals surface area contributed by atoms with Crippen molar-refractivity contribution in [3.63, 3.8) is 0 Å². The van der Waals surface area contributed by atoms with Crippen LogP contribution in [-0.4, -0.2) is 30.6 Å². The number of nitrogens with one attached hydrogen (secondary N) is 2. The molecule has 1 aromatic carbocycles. The summed E-state index contributed by atoms with van der Waals surface area (Å²) in [4.78, 5) is 9.62. The van der Waals surface area contributed by atoms with Gasteiger partial charge in [-0.15, -0.1) is 11.3 Å². The number of aliphatic imine (C=N–C) groups is 1. The molecule has 0 saturated carbocycles. The Hall–Kier alpha value is -2.15. The van der Waals surface area contributed by atoms with Crippen LogP contribution in [0.5, 0.6) is 5.75 Å². The topological polar surface area (TPSA) is 58.5 Å². The average molecular weight is 336 g/mol. The minimum absolute atomic E-state index is 0.201. The van der Waals surface area contributed by atoms with Gasteiger partial charge in [-0.05, 0) is 26.0 Å². The van der Waals surface area contributed by atoms with Crippen LogP contribution in [0.1, 0.15) is 16.8 Å². The first kappa shape index (κ1) is 17.2. The van der Waals surface area contributed by atoms with Gasteiger partial charge in [0.05, 0.1) is 13.1 Å². The standard InChI is InChI=1S/C16H21FN4OS/c1-11(22-14-7-5-4-6-13(14)17)8-20-16(18-3)21-10-15-19-9-12(2)23-15/h4-7,9,11H,8,10H2,1-3H3,(H2,18,20,21). The van der Waals surface area contributed by atoms with Crippen LogP contribution in [0, 0.1) is 12.7 Å². The lowest BCUT2D eigenvalue weighted by molar-refractivity contribution is 0.214. The van der Waals surface area contributed by atoms with Crippen LogP contribution in [0.4, 0.5) is 4.39 Å². The summed E-state index contributed by atoms with van der Waals surface area (Å²) >= 11 is 1.65. The minimum atomic E-state index is -0.360. The van der Waals surface area contributed by atoms with Crippen LogP contribution in [0.3, 0.4) is 0 Å². The number of thiazole rings is 1. The molecule has 1 atom stereocenters. The fraction of sp³-hybridized carbons (Fsp3) is 0.375. The molecule has 0 radical (unpaired) electrons. The fourth-order valence-electron chi connectivity index (χ4n) is 1.90. The number of hydrogen-bond acceptors (Lipinski definition) is 4. The normalized spacial score (nSPS) is 12.8. The monoisotopic (exact) mass is 336 g/mol. The molecule has 1 aromatic heterocycles. The van der Waals surface area contributed by atoms with Crippen molar-refractivity contribution in [3.8, 4) is 5.75 Å². The highest BCUT2D eigenvalue weighted by atomic mass is 32.1. The summed E-state index contributed by atoms with van der Waals surface area (Å²) in [5.74, 6) is 0.547. The van der Waals surface area contributed by atoms with Crippen molar-refractivity contribution in [1.82, 2.24) is 15.6 Å². The molecule has 0 aliphatic heterocycles. The number of nitrogens with zero attached hydrogens (tertiary/aromatic N) is 2. The van der Waals surface area contributed by atoms with E-state index in [-0.39, 0.29) is 17.7 Å². The highest BCUT2D eigenvalue weighted by Gasteiger charge is 2.09. The van der Waals surface area contributed by atoms with E-state index in [0.717, 1.165) is 5.01 Å². The van der Waals surface area contributed by atoms with Crippen molar-refractivity contribution in [2.24, 2.45) is 4.99 Å². The summed E-state index contributed by atoms with van der Waals surface area (Å²) in [7, 11) is 1.70. The summed E-state index contributed by atoms with van der Waals surface area (Å²) in [6.45, 7) is 5.01. The first-order chi connectivity index (χ1) is 11.1. The Bertz CT molecular complexity index is 659. The van der Waals surface area contributed by atoms with E-state index in [4.69, 9.17) is 4.74 Å².